The van der Waals surface area contributed by atoms with Crippen molar-refractivity contribution in [3.63, 3.8) is 0 Å². The van der Waals surface area contributed by atoms with Crippen molar-refractivity contribution in [2.75, 3.05) is 38.2 Å². The highest BCUT2D eigenvalue weighted by molar-refractivity contribution is 7.89. The summed E-state index contributed by atoms with van der Waals surface area (Å²) in [5, 5.41) is 0. The molecule has 2 aromatic rings. The number of benzene rings is 2. The molecule has 0 atom stereocenters. The lowest BCUT2D eigenvalue weighted by Gasteiger charge is -2.35. The van der Waals surface area contributed by atoms with Gasteiger partial charge in [-0.3, -0.25) is 4.79 Å². The number of carbonyl (C=O) groups is 1. The van der Waals surface area contributed by atoms with E-state index in [4.69, 9.17) is 4.74 Å². The molecule has 1 heterocycles. The van der Waals surface area contributed by atoms with Crippen molar-refractivity contribution < 1.29 is 17.9 Å². The number of methoxy groups -OCH3 is 1. The largest absolute Gasteiger partial charge is 0.497 e. The third-order valence-electron chi connectivity index (χ3n) is 4.98. The Bertz CT molecular complexity index is 948. The third-order valence-corrected chi connectivity index (χ3v) is 7.04. The number of aldehydes is 1. The first-order valence-electron chi connectivity index (χ1n) is 8.82. The van der Waals surface area contributed by atoms with E-state index >= 15 is 0 Å². The Kier molecular flexibility index (Phi) is 5.53. The van der Waals surface area contributed by atoms with E-state index in [1.807, 2.05) is 25.1 Å². The Morgan fingerprint density at radius 1 is 0.963 bits per heavy atom. The molecule has 1 fully saturated rings. The van der Waals surface area contributed by atoms with Gasteiger partial charge in [-0.25, -0.2) is 8.42 Å². The number of carbonyl (C=O) groups excluding carboxylic acids is 1. The summed E-state index contributed by atoms with van der Waals surface area (Å²) in [5.74, 6) is 0.644. The van der Waals surface area contributed by atoms with E-state index in [1.165, 1.54) is 4.31 Å². The fourth-order valence-corrected chi connectivity index (χ4v) is 4.98. The lowest BCUT2D eigenvalue weighted by Crippen LogP contribution is -2.48. The molecule has 0 bridgehead atoms. The first-order valence-corrected chi connectivity index (χ1v) is 10.3. The zero-order valence-electron chi connectivity index (χ0n) is 15.8. The summed E-state index contributed by atoms with van der Waals surface area (Å²) >= 11 is 0. The molecule has 1 aliphatic rings. The predicted molar refractivity (Wildman–Crippen MR) is 105 cm³/mol. The summed E-state index contributed by atoms with van der Waals surface area (Å²) in [6.07, 6.45) is 0.848. The molecule has 2 aromatic carbocycles. The molecule has 0 aromatic heterocycles. The molecule has 7 heteroatoms. The Morgan fingerprint density at radius 2 is 1.67 bits per heavy atom. The van der Waals surface area contributed by atoms with Crippen LogP contribution in [0.1, 0.15) is 21.5 Å². The standard InChI is InChI=1S/C20H24N2O4S/c1-15-12-18(5-4-17(15)14-23)21-8-10-22(11-9-21)27(24,25)20-7-6-19(26-3)13-16(20)2/h4-7,12-14H,8-11H2,1-3H3. The quantitative estimate of drug-likeness (QED) is 0.737. The van der Waals surface area contributed by atoms with Gasteiger partial charge in [0.05, 0.1) is 12.0 Å². The molecule has 0 N–H and O–H groups in total. The van der Waals surface area contributed by atoms with E-state index in [1.54, 1.807) is 32.2 Å². The van der Waals surface area contributed by atoms with Gasteiger partial charge in [0, 0.05) is 37.4 Å². The van der Waals surface area contributed by atoms with E-state index < -0.39 is 10.0 Å². The Hall–Kier alpha value is -2.38. The number of piperazine rings is 1. The lowest BCUT2D eigenvalue weighted by atomic mass is 10.1. The monoisotopic (exact) mass is 388 g/mol. The average Bonchev–Trinajstić information content (AvgIpc) is 2.67. The van der Waals surface area contributed by atoms with Crippen molar-refractivity contribution in [3.8, 4) is 5.75 Å². The lowest BCUT2D eigenvalue weighted by molar-refractivity contribution is 0.112. The van der Waals surface area contributed by atoms with Crippen LogP contribution >= 0.6 is 0 Å². The van der Waals surface area contributed by atoms with Gasteiger partial charge in [0.15, 0.2) is 0 Å². The zero-order valence-corrected chi connectivity index (χ0v) is 16.6. The van der Waals surface area contributed by atoms with Crippen LogP contribution in [-0.4, -0.2) is 52.3 Å². The van der Waals surface area contributed by atoms with E-state index in [-0.39, 0.29) is 0 Å². The van der Waals surface area contributed by atoms with Crippen molar-refractivity contribution in [2.24, 2.45) is 0 Å². The Balaban J connectivity index is 1.75. The smallest absolute Gasteiger partial charge is 0.243 e. The molecular formula is C20H24N2O4S. The maximum atomic E-state index is 13.0. The van der Waals surface area contributed by atoms with Crippen LogP contribution < -0.4 is 9.64 Å². The molecule has 6 nitrogen and oxygen atoms in total. The summed E-state index contributed by atoms with van der Waals surface area (Å²) in [4.78, 5) is 13.4. The SMILES string of the molecule is COc1ccc(S(=O)(=O)N2CCN(c3ccc(C=O)c(C)c3)CC2)c(C)c1. The highest BCUT2D eigenvalue weighted by Crippen LogP contribution is 2.26. The highest BCUT2D eigenvalue weighted by atomic mass is 32.2. The van der Waals surface area contributed by atoms with Crippen molar-refractivity contribution in [2.45, 2.75) is 18.7 Å². The van der Waals surface area contributed by atoms with Crippen LogP contribution in [0.15, 0.2) is 41.3 Å². The molecule has 144 valence electrons. The maximum absolute atomic E-state index is 13.0. The van der Waals surface area contributed by atoms with Gasteiger partial charge in [0.2, 0.25) is 10.0 Å². The van der Waals surface area contributed by atoms with Crippen molar-refractivity contribution >= 4 is 22.0 Å². The van der Waals surface area contributed by atoms with Gasteiger partial charge in [0.1, 0.15) is 12.0 Å². The van der Waals surface area contributed by atoms with Gasteiger partial charge in [-0.15, -0.1) is 0 Å². The molecule has 0 spiro atoms. The highest BCUT2D eigenvalue weighted by Gasteiger charge is 2.29. The summed E-state index contributed by atoms with van der Waals surface area (Å²) in [5.41, 5.74) is 3.29. The van der Waals surface area contributed by atoms with Crippen LogP contribution in [0.2, 0.25) is 0 Å². The van der Waals surface area contributed by atoms with Crippen molar-refractivity contribution in [1.29, 1.82) is 0 Å². The Labute approximate surface area is 160 Å². The second-order valence-electron chi connectivity index (χ2n) is 6.68. The average molecular weight is 388 g/mol. The number of aryl methyl sites for hydroxylation is 2. The summed E-state index contributed by atoms with van der Waals surface area (Å²) in [7, 11) is -1.98. The van der Waals surface area contributed by atoms with Crippen LogP contribution in [0.5, 0.6) is 5.75 Å². The number of ether oxygens (including phenoxy) is 1. The topological polar surface area (TPSA) is 66.9 Å². The molecule has 0 saturated carbocycles. The number of anilines is 1. The van der Waals surface area contributed by atoms with Crippen LogP contribution in [0.3, 0.4) is 0 Å². The van der Waals surface area contributed by atoms with Crippen LogP contribution in [-0.2, 0) is 10.0 Å². The van der Waals surface area contributed by atoms with E-state index in [9.17, 15) is 13.2 Å². The fraction of sp³-hybridized carbons (Fsp3) is 0.350. The molecule has 1 aliphatic heterocycles. The fourth-order valence-electron chi connectivity index (χ4n) is 3.35. The van der Waals surface area contributed by atoms with Crippen LogP contribution in [0, 0.1) is 13.8 Å². The second-order valence-corrected chi connectivity index (χ2v) is 8.59. The van der Waals surface area contributed by atoms with Crippen LogP contribution in [0.4, 0.5) is 5.69 Å². The minimum atomic E-state index is -3.54. The number of hydrogen-bond acceptors (Lipinski definition) is 5. The van der Waals surface area contributed by atoms with Crippen molar-refractivity contribution in [1.82, 2.24) is 4.31 Å². The van der Waals surface area contributed by atoms with E-state index in [2.05, 4.69) is 4.90 Å². The number of rotatable bonds is 5. The molecular weight excluding hydrogens is 364 g/mol. The minimum Gasteiger partial charge on any atom is -0.497 e. The van der Waals surface area contributed by atoms with Crippen molar-refractivity contribution in [3.05, 3.63) is 53.1 Å². The van der Waals surface area contributed by atoms with E-state index in [0.29, 0.717) is 48.0 Å². The van der Waals surface area contributed by atoms with Crippen LogP contribution in [0.25, 0.3) is 0 Å². The molecule has 3 rings (SSSR count). The molecule has 27 heavy (non-hydrogen) atoms. The second kappa shape index (κ2) is 7.70. The number of sulfonamides is 1. The molecule has 0 radical (unpaired) electrons. The molecule has 0 aliphatic carbocycles. The first-order chi connectivity index (χ1) is 12.9. The summed E-state index contributed by atoms with van der Waals surface area (Å²) in [6, 6.07) is 10.7. The minimum absolute atomic E-state index is 0.322. The first kappa shape index (κ1) is 19.4. The van der Waals surface area contributed by atoms with Gasteiger partial charge in [-0.2, -0.15) is 4.31 Å². The Morgan fingerprint density at radius 3 is 2.22 bits per heavy atom. The number of hydrogen-bond donors (Lipinski definition) is 0. The van der Waals surface area contributed by atoms with Gasteiger partial charge >= 0.3 is 0 Å². The van der Waals surface area contributed by atoms with E-state index in [0.717, 1.165) is 17.5 Å². The predicted octanol–water partition coefficient (Wildman–Crippen LogP) is 2.64. The summed E-state index contributed by atoms with van der Waals surface area (Å²) < 4.78 is 32.7. The van der Waals surface area contributed by atoms with Gasteiger partial charge < -0.3 is 9.64 Å². The summed E-state index contributed by atoms with van der Waals surface area (Å²) in [6.45, 7) is 5.73. The molecule has 0 amide bonds. The van der Waals surface area contributed by atoms with Gasteiger partial charge in [-0.1, -0.05) is 0 Å². The maximum Gasteiger partial charge on any atom is 0.243 e. The molecule has 0 unspecified atom stereocenters. The van der Waals surface area contributed by atoms with Gasteiger partial charge in [-0.05, 0) is 61.4 Å². The molecule has 1 saturated heterocycles. The number of nitrogens with zero attached hydrogens (tertiary/aromatic N) is 2. The normalized spacial score (nSPS) is 15.6. The zero-order chi connectivity index (χ0) is 19.6. The third kappa shape index (κ3) is 3.84. The van der Waals surface area contributed by atoms with Gasteiger partial charge in [0.25, 0.3) is 0 Å².